The van der Waals surface area contributed by atoms with Crippen molar-refractivity contribution in [3.63, 3.8) is 0 Å². The summed E-state index contributed by atoms with van der Waals surface area (Å²) in [6.45, 7) is 12.1. The van der Waals surface area contributed by atoms with Crippen LogP contribution < -0.4 is 10.5 Å². The Kier molecular flexibility index (Phi) is 8.17. The molecule has 1 N–H and O–H groups in total. The molecule has 0 saturated carbocycles. The van der Waals surface area contributed by atoms with Gasteiger partial charge in [0.15, 0.2) is 14.1 Å². The SMILES string of the molecule is CC(C)(C)[Si](C)(C)OCCCc1cn(Cc2ccccc2)c(=O)c(N2CCN(C(=O)O)C(=O)C2)n1. The van der Waals surface area contributed by atoms with Crippen LogP contribution in [0.25, 0.3) is 0 Å². The molecular weight excluding hydrogens is 464 g/mol. The molecule has 0 aliphatic carbocycles. The molecule has 35 heavy (non-hydrogen) atoms. The van der Waals surface area contributed by atoms with Crippen LogP contribution in [0.5, 0.6) is 0 Å². The van der Waals surface area contributed by atoms with Crippen molar-refractivity contribution in [2.24, 2.45) is 0 Å². The van der Waals surface area contributed by atoms with Gasteiger partial charge in [0, 0.05) is 25.9 Å². The summed E-state index contributed by atoms with van der Waals surface area (Å²) in [5.74, 6) is -0.380. The molecule has 0 radical (unpaired) electrons. The largest absolute Gasteiger partial charge is 0.465 e. The van der Waals surface area contributed by atoms with Gasteiger partial charge in [-0.1, -0.05) is 51.1 Å². The lowest BCUT2D eigenvalue weighted by Gasteiger charge is -2.36. The molecule has 0 bridgehead atoms. The lowest BCUT2D eigenvalue weighted by Crippen LogP contribution is -2.53. The summed E-state index contributed by atoms with van der Waals surface area (Å²) in [4.78, 5) is 43.9. The number of benzene rings is 1. The van der Waals surface area contributed by atoms with Gasteiger partial charge in [-0.15, -0.1) is 0 Å². The highest BCUT2D eigenvalue weighted by atomic mass is 28.4. The highest BCUT2D eigenvalue weighted by Gasteiger charge is 2.37. The molecule has 2 aromatic rings. The van der Waals surface area contributed by atoms with E-state index in [2.05, 4.69) is 38.8 Å². The third-order valence-corrected chi connectivity index (χ3v) is 11.3. The quantitative estimate of drug-likeness (QED) is 0.436. The van der Waals surface area contributed by atoms with Crippen LogP contribution in [0.15, 0.2) is 41.3 Å². The number of piperazine rings is 1. The zero-order chi connectivity index (χ0) is 25.8. The van der Waals surface area contributed by atoms with Crippen LogP contribution in [-0.2, 0) is 22.2 Å². The van der Waals surface area contributed by atoms with E-state index in [0.29, 0.717) is 19.6 Å². The molecule has 1 saturated heterocycles. The van der Waals surface area contributed by atoms with Gasteiger partial charge in [-0.05, 0) is 36.5 Å². The van der Waals surface area contributed by atoms with Gasteiger partial charge in [-0.3, -0.25) is 9.59 Å². The molecule has 10 heteroatoms. The molecule has 190 valence electrons. The fraction of sp³-hybridized carbons (Fsp3) is 0.520. The second kappa shape index (κ2) is 10.7. The number of nitrogens with zero attached hydrogens (tertiary/aromatic N) is 4. The first-order valence-corrected chi connectivity index (χ1v) is 14.9. The second-order valence-corrected chi connectivity index (χ2v) is 15.2. The molecule has 0 unspecified atom stereocenters. The van der Waals surface area contributed by atoms with Crippen LogP contribution in [0, 0.1) is 0 Å². The Morgan fingerprint density at radius 3 is 2.43 bits per heavy atom. The van der Waals surface area contributed by atoms with Crippen molar-refractivity contribution in [3.05, 3.63) is 58.1 Å². The van der Waals surface area contributed by atoms with Gasteiger partial charge in [-0.25, -0.2) is 14.7 Å². The van der Waals surface area contributed by atoms with Crippen molar-refractivity contribution in [3.8, 4) is 0 Å². The van der Waals surface area contributed by atoms with E-state index in [1.807, 2.05) is 30.3 Å². The van der Waals surface area contributed by atoms with E-state index in [1.165, 1.54) is 0 Å². The summed E-state index contributed by atoms with van der Waals surface area (Å²) < 4.78 is 7.91. The van der Waals surface area contributed by atoms with Crippen LogP contribution in [0.3, 0.4) is 0 Å². The fourth-order valence-corrected chi connectivity index (χ4v) is 4.74. The van der Waals surface area contributed by atoms with Gasteiger partial charge in [0.1, 0.15) is 0 Å². The molecule has 0 atom stereocenters. The Morgan fingerprint density at radius 1 is 1.14 bits per heavy atom. The first kappa shape index (κ1) is 26.6. The number of hydrogen-bond acceptors (Lipinski definition) is 6. The lowest BCUT2D eigenvalue weighted by atomic mass is 10.2. The zero-order valence-electron chi connectivity index (χ0n) is 21.3. The van der Waals surface area contributed by atoms with Crippen LogP contribution in [0.2, 0.25) is 18.1 Å². The van der Waals surface area contributed by atoms with Crippen molar-refractivity contribution >= 4 is 26.1 Å². The van der Waals surface area contributed by atoms with Crippen LogP contribution in [-0.4, -0.2) is 66.1 Å². The van der Waals surface area contributed by atoms with E-state index >= 15 is 0 Å². The number of hydrogen-bond donors (Lipinski definition) is 1. The van der Waals surface area contributed by atoms with Crippen molar-refractivity contribution in [1.82, 2.24) is 14.5 Å². The van der Waals surface area contributed by atoms with Gasteiger partial charge in [0.05, 0.1) is 18.8 Å². The Labute approximate surface area is 207 Å². The molecule has 9 nitrogen and oxygen atoms in total. The van der Waals surface area contributed by atoms with E-state index in [0.717, 1.165) is 22.6 Å². The number of carbonyl (C=O) groups excluding carboxylic acids is 1. The highest BCUT2D eigenvalue weighted by molar-refractivity contribution is 6.74. The minimum atomic E-state index is -1.85. The summed E-state index contributed by atoms with van der Waals surface area (Å²) in [6.07, 6.45) is 1.88. The average Bonchev–Trinajstić information content (AvgIpc) is 2.78. The number of carboxylic acid groups (broad SMARTS) is 1. The molecule has 1 aromatic carbocycles. The molecule has 1 aliphatic heterocycles. The van der Waals surface area contributed by atoms with Crippen LogP contribution >= 0.6 is 0 Å². The smallest absolute Gasteiger partial charge is 0.414 e. The minimum absolute atomic E-state index is 0.00143. The minimum Gasteiger partial charge on any atom is -0.465 e. The number of amides is 2. The van der Waals surface area contributed by atoms with Crippen molar-refractivity contribution in [2.75, 3.05) is 31.1 Å². The molecule has 1 fully saturated rings. The average molecular weight is 501 g/mol. The molecule has 3 rings (SSSR count). The summed E-state index contributed by atoms with van der Waals surface area (Å²) in [6, 6.07) is 9.67. The van der Waals surface area contributed by atoms with Gasteiger partial charge >= 0.3 is 6.09 Å². The number of carbonyl (C=O) groups is 2. The monoisotopic (exact) mass is 500 g/mol. The van der Waals surface area contributed by atoms with Gasteiger partial charge in [-0.2, -0.15) is 0 Å². The van der Waals surface area contributed by atoms with Crippen LogP contribution in [0.4, 0.5) is 10.6 Å². The van der Waals surface area contributed by atoms with Crippen LogP contribution in [0.1, 0.15) is 38.4 Å². The van der Waals surface area contributed by atoms with Crippen molar-refractivity contribution < 1.29 is 19.1 Å². The van der Waals surface area contributed by atoms with Gasteiger partial charge in [0.2, 0.25) is 0 Å². The molecular formula is C25H36N4O5Si. The number of aryl methyl sites for hydroxylation is 1. The number of anilines is 1. The Balaban J connectivity index is 1.82. The molecule has 1 aliphatic rings. The molecule has 0 spiro atoms. The van der Waals surface area contributed by atoms with Crippen molar-refractivity contribution in [2.45, 2.75) is 58.3 Å². The topological polar surface area (TPSA) is 105 Å². The highest BCUT2D eigenvalue weighted by Crippen LogP contribution is 2.36. The van der Waals surface area contributed by atoms with E-state index in [4.69, 9.17) is 4.43 Å². The van der Waals surface area contributed by atoms with E-state index in [9.17, 15) is 19.5 Å². The summed E-state index contributed by atoms with van der Waals surface area (Å²) in [5.41, 5.74) is 1.42. The summed E-state index contributed by atoms with van der Waals surface area (Å²) in [5, 5.41) is 9.33. The lowest BCUT2D eigenvalue weighted by molar-refractivity contribution is -0.128. The molecule has 2 amide bonds. The number of rotatable bonds is 8. The number of aromatic nitrogens is 2. The Morgan fingerprint density at radius 2 is 1.83 bits per heavy atom. The van der Waals surface area contributed by atoms with Gasteiger partial charge < -0.3 is 19.0 Å². The summed E-state index contributed by atoms with van der Waals surface area (Å²) in [7, 11) is -1.85. The predicted molar refractivity (Wildman–Crippen MR) is 137 cm³/mol. The molecule has 1 aromatic heterocycles. The van der Waals surface area contributed by atoms with E-state index in [1.54, 1.807) is 15.7 Å². The Hall–Kier alpha value is -2.98. The second-order valence-electron chi connectivity index (χ2n) is 10.4. The third kappa shape index (κ3) is 6.58. The normalized spacial score (nSPS) is 14.9. The fourth-order valence-electron chi connectivity index (χ4n) is 3.66. The first-order valence-electron chi connectivity index (χ1n) is 12.0. The third-order valence-electron chi connectivity index (χ3n) is 6.80. The van der Waals surface area contributed by atoms with E-state index < -0.39 is 20.3 Å². The zero-order valence-corrected chi connectivity index (χ0v) is 22.3. The maximum atomic E-state index is 13.3. The number of imide groups is 1. The maximum Gasteiger partial charge on any atom is 0.414 e. The predicted octanol–water partition coefficient (Wildman–Crippen LogP) is 3.57. The van der Waals surface area contributed by atoms with E-state index in [-0.39, 0.29) is 36.0 Å². The maximum absolute atomic E-state index is 13.3. The van der Waals surface area contributed by atoms with Gasteiger partial charge in [0.25, 0.3) is 11.5 Å². The summed E-state index contributed by atoms with van der Waals surface area (Å²) >= 11 is 0. The molecule has 2 heterocycles. The standard InChI is InChI=1S/C25H36N4O5Si/c1-25(2,3)35(4,5)34-15-9-12-20-17-28(16-19-10-7-6-8-11-19)23(31)22(26-20)27-13-14-29(24(32)33)21(30)18-27/h6-8,10-11,17H,9,12-16,18H2,1-5H3,(H,32,33). The van der Waals surface area contributed by atoms with Crippen molar-refractivity contribution in [1.29, 1.82) is 0 Å². The first-order chi connectivity index (χ1) is 16.4. The Bertz CT molecular complexity index is 1110.